The van der Waals surface area contributed by atoms with Gasteiger partial charge >= 0.3 is 0 Å². The number of halogens is 2. The zero-order chi connectivity index (χ0) is 28.4. The van der Waals surface area contributed by atoms with E-state index in [1.165, 1.54) is 29.2 Å². The van der Waals surface area contributed by atoms with Crippen LogP contribution in [0, 0.1) is 19.7 Å². The van der Waals surface area contributed by atoms with Gasteiger partial charge in [-0.2, -0.15) is 0 Å². The summed E-state index contributed by atoms with van der Waals surface area (Å²) in [6.07, 6.45) is 0. The van der Waals surface area contributed by atoms with Crippen LogP contribution in [-0.2, 0) is 9.59 Å². The first kappa shape index (κ1) is 27.4. The molecule has 6 nitrogen and oxygen atoms in total. The van der Waals surface area contributed by atoms with E-state index in [2.05, 4.69) is 26.6 Å². The minimum atomic E-state index is -0.459. The molecule has 0 spiro atoms. The van der Waals surface area contributed by atoms with Gasteiger partial charge in [-0.05, 0) is 104 Å². The number of imide groups is 1. The third kappa shape index (κ3) is 5.85. The van der Waals surface area contributed by atoms with Crippen molar-refractivity contribution in [3.8, 4) is 0 Å². The summed E-state index contributed by atoms with van der Waals surface area (Å²) in [7, 11) is 0. The molecule has 0 unspecified atom stereocenters. The van der Waals surface area contributed by atoms with Crippen molar-refractivity contribution < 1.29 is 18.8 Å². The molecule has 1 aliphatic heterocycles. The summed E-state index contributed by atoms with van der Waals surface area (Å²) >= 11 is 4.54. The van der Waals surface area contributed by atoms with Gasteiger partial charge in [0.2, 0.25) is 0 Å². The van der Waals surface area contributed by atoms with E-state index in [0.717, 1.165) is 27.4 Å². The van der Waals surface area contributed by atoms with Crippen molar-refractivity contribution >= 4 is 62.5 Å². The molecule has 5 rings (SSSR count). The molecular weight excluding hydrogens is 593 g/mol. The Morgan fingerprint density at radius 3 is 2.25 bits per heavy atom. The van der Waals surface area contributed by atoms with Crippen molar-refractivity contribution in [2.45, 2.75) is 18.7 Å². The summed E-state index contributed by atoms with van der Waals surface area (Å²) in [4.78, 5) is 42.1. The molecule has 0 saturated heterocycles. The number of rotatable bonds is 7. The fourth-order valence-electron chi connectivity index (χ4n) is 4.05. The highest BCUT2D eigenvalue weighted by molar-refractivity contribution is 9.10. The zero-order valence-corrected chi connectivity index (χ0v) is 23.9. The fraction of sp³-hybridized carbons (Fsp3) is 0.0645. The molecule has 0 radical (unpaired) electrons. The third-order valence-electron chi connectivity index (χ3n) is 6.32. The monoisotopic (exact) mass is 615 g/mol. The number of benzene rings is 4. The summed E-state index contributed by atoms with van der Waals surface area (Å²) in [5.41, 5.74) is 4.12. The van der Waals surface area contributed by atoms with Gasteiger partial charge in [0, 0.05) is 26.3 Å². The second-order valence-electron chi connectivity index (χ2n) is 9.14. The van der Waals surface area contributed by atoms with E-state index in [9.17, 15) is 18.8 Å². The molecule has 200 valence electrons. The van der Waals surface area contributed by atoms with Crippen LogP contribution in [0.25, 0.3) is 0 Å². The minimum Gasteiger partial charge on any atom is -0.350 e. The maximum Gasteiger partial charge on any atom is 0.283 e. The number of carbonyl (C=O) groups is 3. The molecule has 0 atom stereocenters. The molecule has 4 aromatic carbocycles. The molecule has 2 N–H and O–H groups in total. The number of hydrogen-bond donors (Lipinski definition) is 2. The average molecular weight is 617 g/mol. The molecule has 0 fully saturated rings. The van der Waals surface area contributed by atoms with E-state index >= 15 is 0 Å². The molecule has 0 aliphatic carbocycles. The molecule has 0 aromatic heterocycles. The maximum atomic E-state index is 13.7. The van der Waals surface area contributed by atoms with Crippen LogP contribution < -0.4 is 15.5 Å². The third-order valence-corrected chi connectivity index (χ3v) is 7.92. The smallest absolute Gasteiger partial charge is 0.283 e. The highest BCUT2D eigenvalue weighted by Crippen LogP contribution is 2.39. The van der Waals surface area contributed by atoms with Gasteiger partial charge in [0.25, 0.3) is 17.7 Å². The second-order valence-corrected chi connectivity index (χ2v) is 11.1. The number of thioether (sulfide) groups is 1. The van der Waals surface area contributed by atoms with Crippen molar-refractivity contribution in [2.24, 2.45) is 0 Å². The first-order valence-electron chi connectivity index (χ1n) is 12.3. The van der Waals surface area contributed by atoms with E-state index < -0.39 is 23.5 Å². The van der Waals surface area contributed by atoms with Crippen molar-refractivity contribution in [3.63, 3.8) is 0 Å². The summed E-state index contributed by atoms with van der Waals surface area (Å²) in [5, 5.41) is 5.94. The Balaban J connectivity index is 1.46. The topological polar surface area (TPSA) is 78.5 Å². The van der Waals surface area contributed by atoms with Gasteiger partial charge in [-0.25, -0.2) is 9.29 Å². The summed E-state index contributed by atoms with van der Waals surface area (Å²) in [5.74, 6) is -1.73. The van der Waals surface area contributed by atoms with Crippen molar-refractivity contribution in [1.82, 2.24) is 0 Å². The quantitative estimate of drug-likeness (QED) is 0.211. The Kier molecular flexibility index (Phi) is 7.86. The number of amides is 3. The summed E-state index contributed by atoms with van der Waals surface area (Å²) in [6, 6.07) is 25.0. The van der Waals surface area contributed by atoms with Gasteiger partial charge < -0.3 is 10.6 Å². The Labute approximate surface area is 243 Å². The van der Waals surface area contributed by atoms with E-state index in [0.29, 0.717) is 27.5 Å². The number of aryl methyl sites for hydroxylation is 2. The molecule has 4 aromatic rings. The average Bonchev–Trinajstić information content (AvgIpc) is 3.16. The SMILES string of the molecule is Cc1ccc(N2C(=O)C(Nc3ccc(Br)cc3)=C(Sc3cccc(NC(=O)c4ccc(F)cc4)c3)C2=O)cc1C. The van der Waals surface area contributed by atoms with Gasteiger partial charge in [-0.15, -0.1) is 0 Å². The van der Waals surface area contributed by atoms with Gasteiger partial charge in [-0.1, -0.05) is 39.8 Å². The largest absolute Gasteiger partial charge is 0.350 e. The van der Waals surface area contributed by atoms with Gasteiger partial charge in [-0.3, -0.25) is 14.4 Å². The number of carbonyl (C=O) groups excluding carboxylic acids is 3. The van der Waals surface area contributed by atoms with Crippen LogP contribution in [0.2, 0.25) is 0 Å². The van der Waals surface area contributed by atoms with Crippen molar-refractivity contribution in [3.05, 3.63) is 129 Å². The lowest BCUT2D eigenvalue weighted by molar-refractivity contribution is -0.120. The first-order chi connectivity index (χ1) is 19.2. The molecule has 9 heteroatoms. The Morgan fingerprint density at radius 1 is 0.825 bits per heavy atom. The molecule has 3 amide bonds. The van der Waals surface area contributed by atoms with E-state index in [1.807, 2.05) is 38.1 Å². The summed E-state index contributed by atoms with van der Waals surface area (Å²) < 4.78 is 14.1. The molecule has 1 heterocycles. The maximum absolute atomic E-state index is 13.7. The Hall–Kier alpha value is -4.21. The normalized spacial score (nSPS) is 13.2. The zero-order valence-electron chi connectivity index (χ0n) is 21.5. The Morgan fingerprint density at radius 2 is 1.55 bits per heavy atom. The lowest BCUT2D eigenvalue weighted by atomic mass is 10.1. The predicted molar refractivity (Wildman–Crippen MR) is 160 cm³/mol. The van der Waals surface area contributed by atoms with Crippen LogP contribution in [0.3, 0.4) is 0 Å². The highest BCUT2D eigenvalue weighted by atomic mass is 79.9. The van der Waals surface area contributed by atoms with Crippen LogP contribution in [0.5, 0.6) is 0 Å². The van der Waals surface area contributed by atoms with E-state index in [1.54, 1.807) is 42.5 Å². The van der Waals surface area contributed by atoms with Gasteiger partial charge in [0.1, 0.15) is 16.4 Å². The minimum absolute atomic E-state index is 0.163. The standard InChI is InChI=1S/C31H23BrFN3O3S/c1-18-6-15-25(16-19(18)2)36-30(38)27(34-23-13-9-21(32)10-14-23)28(31(36)39)40-26-5-3-4-24(17-26)35-29(37)20-7-11-22(33)12-8-20/h3-17,34H,1-2H3,(H,35,37). The van der Waals surface area contributed by atoms with Crippen LogP contribution in [0.1, 0.15) is 21.5 Å². The molecule has 0 bridgehead atoms. The molecule has 0 saturated carbocycles. The van der Waals surface area contributed by atoms with Crippen LogP contribution in [0.4, 0.5) is 21.5 Å². The summed E-state index contributed by atoms with van der Waals surface area (Å²) in [6.45, 7) is 3.90. The molecule has 1 aliphatic rings. The van der Waals surface area contributed by atoms with Crippen LogP contribution >= 0.6 is 27.7 Å². The highest BCUT2D eigenvalue weighted by Gasteiger charge is 2.40. The fourth-order valence-corrected chi connectivity index (χ4v) is 5.30. The van der Waals surface area contributed by atoms with Crippen LogP contribution in [0.15, 0.2) is 111 Å². The van der Waals surface area contributed by atoms with E-state index in [-0.39, 0.29) is 10.6 Å². The first-order valence-corrected chi connectivity index (χ1v) is 13.9. The predicted octanol–water partition coefficient (Wildman–Crippen LogP) is 7.45. The van der Waals surface area contributed by atoms with Crippen molar-refractivity contribution in [1.29, 1.82) is 0 Å². The number of nitrogens with zero attached hydrogens (tertiary/aromatic N) is 1. The van der Waals surface area contributed by atoms with Crippen molar-refractivity contribution in [2.75, 3.05) is 15.5 Å². The second kappa shape index (κ2) is 11.5. The molecular formula is C31H23BrFN3O3S. The van der Waals surface area contributed by atoms with Gasteiger partial charge in [0.05, 0.1) is 5.69 Å². The van der Waals surface area contributed by atoms with Crippen LogP contribution in [-0.4, -0.2) is 17.7 Å². The van der Waals surface area contributed by atoms with Gasteiger partial charge in [0.15, 0.2) is 0 Å². The number of nitrogens with one attached hydrogen (secondary N) is 2. The lowest BCUT2D eigenvalue weighted by Gasteiger charge is -2.16. The molecule has 40 heavy (non-hydrogen) atoms. The van der Waals surface area contributed by atoms with E-state index in [4.69, 9.17) is 0 Å². The number of hydrogen-bond acceptors (Lipinski definition) is 5. The Bertz CT molecular complexity index is 1670. The lowest BCUT2D eigenvalue weighted by Crippen LogP contribution is -2.32. The number of anilines is 3.